The zero-order chi connectivity index (χ0) is 31.2. The second-order valence-electron chi connectivity index (χ2n) is 9.77. The average molecular weight is 588 g/mol. The first-order valence-corrected chi connectivity index (χ1v) is 13.4. The van der Waals surface area contributed by atoms with Crippen LogP contribution in [0.3, 0.4) is 0 Å². The molecule has 1 aromatic carbocycles. The van der Waals surface area contributed by atoms with E-state index in [0.29, 0.717) is 12.0 Å². The van der Waals surface area contributed by atoms with Crippen LogP contribution in [-0.4, -0.2) is 83.0 Å². The van der Waals surface area contributed by atoms with Crippen molar-refractivity contribution in [3.8, 4) is 0 Å². The fourth-order valence-electron chi connectivity index (χ4n) is 4.11. The maximum atomic E-state index is 13.4. The summed E-state index contributed by atoms with van der Waals surface area (Å²) in [5, 5.41) is 18.4. The molecular formula is C26H41N11O5. The fraction of sp³-hybridized carbons (Fsp3) is 0.462. The van der Waals surface area contributed by atoms with Crippen LogP contribution in [0.25, 0.3) is 10.9 Å². The van der Waals surface area contributed by atoms with E-state index in [-0.39, 0.29) is 50.7 Å². The molecule has 2 aromatic rings. The molecule has 0 radical (unpaired) electrons. The van der Waals surface area contributed by atoms with E-state index in [1.54, 1.807) is 6.20 Å². The van der Waals surface area contributed by atoms with Gasteiger partial charge in [-0.25, -0.2) is 4.79 Å². The van der Waals surface area contributed by atoms with Crippen molar-refractivity contribution < 1.29 is 24.3 Å². The Morgan fingerprint density at radius 1 is 0.833 bits per heavy atom. The number of benzene rings is 1. The van der Waals surface area contributed by atoms with Gasteiger partial charge < -0.3 is 54.7 Å². The first-order valence-electron chi connectivity index (χ1n) is 13.4. The zero-order valence-corrected chi connectivity index (χ0v) is 23.5. The van der Waals surface area contributed by atoms with Crippen LogP contribution < -0.4 is 44.6 Å². The normalized spacial score (nSPS) is 13.7. The number of carboxylic acid groups (broad SMARTS) is 1. The van der Waals surface area contributed by atoms with Gasteiger partial charge in [0.15, 0.2) is 11.9 Å². The number of guanidine groups is 2. The van der Waals surface area contributed by atoms with Gasteiger partial charge in [-0.1, -0.05) is 18.2 Å². The molecule has 0 saturated heterocycles. The van der Waals surface area contributed by atoms with Crippen LogP contribution in [0, 0.1) is 0 Å². The number of nitrogens with two attached hydrogens (primary N) is 5. The lowest BCUT2D eigenvalue weighted by Gasteiger charge is -2.25. The average Bonchev–Trinajstić information content (AvgIpc) is 3.33. The third kappa shape index (κ3) is 11.0. The SMILES string of the molecule is CC(N)C(=O)NC(CCCN=C(N)N)C(=O)NC(CCCN=C(N)N)C(=O)NC(Cc1c[nH]c2ccccc12)C(=O)O. The largest absolute Gasteiger partial charge is 0.480 e. The number of para-hydroxylation sites is 1. The number of H-pyrrole nitrogens is 1. The highest BCUT2D eigenvalue weighted by Gasteiger charge is 2.30. The molecule has 2 rings (SSSR count). The van der Waals surface area contributed by atoms with Crippen LogP contribution in [0.2, 0.25) is 0 Å². The van der Waals surface area contributed by atoms with E-state index in [0.717, 1.165) is 10.9 Å². The maximum absolute atomic E-state index is 13.4. The standard InChI is InChI=1S/C26H41N11O5/c1-14(27)21(38)35-18(8-4-10-32-25(28)29)22(39)36-19(9-5-11-33-26(30)31)23(40)37-20(24(41)42)12-15-13-34-17-7-3-2-6-16(15)17/h2-3,6-7,13-14,18-20,34H,4-5,8-12,27H2,1H3,(H,35,38)(H,36,39)(H,37,40)(H,41,42)(H4,28,29,32)(H4,30,31,33). The Kier molecular flexibility index (Phi) is 13.0. The first-order chi connectivity index (χ1) is 19.9. The summed E-state index contributed by atoms with van der Waals surface area (Å²) in [7, 11) is 0. The quantitative estimate of drug-likeness (QED) is 0.0536. The highest BCUT2D eigenvalue weighted by Crippen LogP contribution is 2.19. The summed E-state index contributed by atoms with van der Waals surface area (Å²) >= 11 is 0. The Labute approximate surface area is 242 Å². The molecule has 230 valence electrons. The van der Waals surface area contributed by atoms with Crippen LogP contribution >= 0.6 is 0 Å². The summed E-state index contributed by atoms with van der Waals surface area (Å²) < 4.78 is 0. The van der Waals surface area contributed by atoms with E-state index in [9.17, 15) is 24.3 Å². The summed E-state index contributed by atoms with van der Waals surface area (Å²) in [6.45, 7) is 1.84. The van der Waals surface area contributed by atoms with E-state index < -0.39 is 47.9 Å². The molecule has 1 heterocycles. The number of amides is 3. The van der Waals surface area contributed by atoms with Gasteiger partial charge in [0.25, 0.3) is 0 Å². The Morgan fingerprint density at radius 3 is 1.83 bits per heavy atom. The smallest absolute Gasteiger partial charge is 0.326 e. The number of aromatic nitrogens is 1. The van der Waals surface area contributed by atoms with Gasteiger partial charge in [0.1, 0.15) is 18.1 Å². The molecule has 16 heteroatoms. The van der Waals surface area contributed by atoms with Crippen LogP contribution in [-0.2, 0) is 25.6 Å². The van der Waals surface area contributed by atoms with Gasteiger partial charge in [0.05, 0.1) is 6.04 Å². The molecule has 42 heavy (non-hydrogen) atoms. The molecule has 16 nitrogen and oxygen atoms in total. The molecule has 15 N–H and O–H groups in total. The number of hydrogen-bond donors (Lipinski definition) is 10. The summed E-state index contributed by atoms with van der Waals surface area (Å²) in [5.74, 6) is -3.47. The Hall–Kier alpha value is -4.86. The summed E-state index contributed by atoms with van der Waals surface area (Å²) in [5.41, 5.74) is 28.6. The van der Waals surface area contributed by atoms with Crippen molar-refractivity contribution in [3.05, 3.63) is 36.0 Å². The van der Waals surface area contributed by atoms with Crippen molar-refractivity contribution in [1.82, 2.24) is 20.9 Å². The monoisotopic (exact) mass is 587 g/mol. The number of aromatic amines is 1. The van der Waals surface area contributed by atoms with Crippen LogP contribution in [0.1, 0.15) is 38.2 Å². The number of carboxylic acids is 1. The third-order valence-electron chi connectivity index (χ3n) is 6.28. The molecule has 0 aliphatic rings. The van der Waals surface area contributed by atoms with E-state index in [2.05, 4.69) is 30.9 Å². The van der Waals surface area contributed by atoms with E-state index in [1.165, 1.54) is 6.92 Å². The second-order valence-corrected chi connectivity index (χ2v) is 9.77. The zero-order valence-electron chi connectivity index (χ0n) is 23.5. The van der Waals surface area contributed by atoms with Crippen molar-refractivity contribution in [2.75, 3.05) is 13.1 Å². The van der Waals surface area contributed by atoms with Crippen molar-refractivity contribution in [3.63, 3.8) is 0 Å². The number of aliphatic carboxylic acids is 1. The van der Waals surface area contributed by atoms with Gasteiger partial charge in [-0.15, -0.1) is 0 Å². The minimum absolute atomic E-state index is 0.00237. The molecule has 0 saturated carbocycles. The highest BCUT2D eigenvalue weighted by atomic mass is 16.4. The molecule has 3 amide bonds. The van der Waals surface area contributed by atoms with Gasteiger partial charge in [-0.3, -0.25) is 24.4 Å². The number of carbonyl (C=O) groups is 4. The molecule has 4 atom stereocenters. The topological polar surface area (TPSA) is 295 Å². The Bertz CT molecular complexity index is 1280. The second kappa shape index (κ2) is 16.4. The number of fused-ring (bicyclic) bond motifs is 1. The van der Waals surface area contributed by atoms with Crippen LogP contribution in [0.15, 0.2) is 40.4 Å². The van der Waals surface area contributed by atoms with Crippen LogP contribution in [0.5, 0.6) is 0 Å². The van der Waals surface area contributed by atoms with Gasteiger partial charge in [-0.2, -0.15) is 0 Å². The van der Waals surface area contributed by atoms with Gasteiger partial charge in [0, 0.05) is 36.6 Å². The predicted octanol–water partition coefficient (Wildman–Crippen LogP) is -2.30. The number of aliphatic imine (C=N–C) groups is 2. The van der Waals surface area contributed by atoms with E-state index >= 15 is 0 Å². The van der Waals surface area contributed by atoms with Crippen molar-refractivity contribution in [2.45, 2.75) is 63.2 Å². The van der Waals surface area contributed by atoms with Gasteiger partial charge in [-0.05, 0) is 44.2 Å². The molecule has 0 aliphatic heterocycles. The third-order valence-corrected chi connectivity index (χ3v) is 6.28. The lowest BCUT2D eigenvalue weighted by atomic mass is 10.0. The molecule has 0 spiro atoms. The lowest BCUT2D eigenvalue weighted by molar-refractivity contribution is -0.142. The lowest BCUT2D eigenvalue weighted by Crippen LogP contribution is -2.57. The Balaban J connectivity index is 2.22. The predicted molar refractivity (Wildman–Crippen MR) is 159 cm³/mol. The molecule has 0 aliphatic carbocycles. The number of rotatable bonds is 17. The van der Waals surface area contributed by atoms with Gasteiger partial charge >= 0.3 is 5.97 Å². The molecular weight excluding hydrogens is 546 g/mol. The van der Waals surface area contributed by atoms with Crippen molar-refractivity contribution >= 4 is 46.5 Å². The van der Waals surface area contributed by atoms with Crippen molar-refractivity contribution in [2.24, 2.45) is 38.7 Å². The van der Waals surface area contributed by atoms with E-state index in [1.807, 2.05) is 24.3 Å². The fourth-order valence-corrected chi connectivity index (χ4v) is 4.11. The van der Waals surface area contributed by atoms with Crippen molar-refractivity contribution in [1.29, 1.82) is 0 Å². The maximum Gasteiger partial charge on any atom is 0.326 e. The number of hydrogen-bond acceptors (Lipinski definition) is 7. The molecule has 4 unspecified atom stereocenters. The minimum Gasteiger partial charge on any atom is -0.480 e. The number of carbonyl (C=O) groups excluding carboxylic acids is 3. The molecule has 0 fully saturated rings. The number of nitrogens with one attached hydrogen (secondary N) is 4. The molecule has 1 aromatic heterocycles. The van der Waals surface area contributed by atoms with Crippen LogP contribution in [0.4, 0.5) is 0 Å². The minimum atomic E-state index is -1.29. The summed E-state index contributed by atoms with van der Waals surface area (Å²) in [6, 6.07) is 2.97. The molecule has 0 bridgehead atoms. The number of nitrogens with zero attached hydrogens (tertiary/aromatic N) is 2. The van der Waals surface area contributed by atoms with Gasteiger partial charge in [0.2, 0.25) is 17.7 Å². The highest BCUT2D eigenvalue weighted by molar-refractivity contribution is 5.94. The van der Waals surface area contributed by atoms with E-state index in [4.69, 9.17) is 28.7 Å². The Morgan fingerprint density at radius 2 is 1.33 bits per heavy atom. The summed E-state index contributed by atoms with van der Waals surface area (Å²) in [4.78, 5) is 61.9. The summed E-state index contributed by atoms with van der Waals surface area (Å²) in [6.07, 6.45) is 2.53. The first kappa shape index (κ1) is 33.3.